The normalized spacial score (nSPS) is 38.9. The van der Waals surface area contributed by atoms with Crippen molar-refractivity contribution in [2.75, 3.05) is 14.2 Å². The zero-order valence-electron chi connectivity index (χ0n) is 8.43. The van der Waals surface area contributed by atoms with Crippen molar-refractivity contribution in [3.63, 3.8) is 0 Å². The second kappa shape index (κ2) is 3.17. The molecule has 3 atom stereocenters. The lowest BCUT2D eigenvalue weighted by Gasteiger charge is -2.30. The van der Waals surface area contributed by atoms with Crippen LogP contribution in [0.1, 0.15) is 19.3 Å². The Labute approximate surface area is 82.5 Å². The van der Waals surface area contributed by atoms with Gasteiger partial charge in [-0.1, -0.05) is 0 Å². The van der Waals surface area contributed by atoms with Gasteiger partial charge in [0.15, 0.2) is 5.79 Å². The van der Waals surface area contributed by atoms with Gasteiger partial charge < -0.3 is 9.47 Å². The van der Waals surface area contributed by atoms with Crippen LogP contribution >= 0.6 is 0 Å². The molecular weight excluding hydrogens is 186 g/mol. The van der Waals surface area contributed by atoms with E-state index in [-0.39, 0.29) is 16.8 Å². The fourth-order valence-corrected chi connectivity index (χ4v) is 3.24. The van der Waals surface area contributed by atoms with Crippen LogP contribution in [-0.2, 0) is 9.47 Å². The quantitative estimate of drug-likeness (QED) is 0.389. The summed E-state index contributed by atoms with van der Waals surface area (Å²) in [5, 5.41) is 10.8. The molecular formula is C9H15NO4. The lowest BCUT2D eigenvalue weighted by Crippen LogP contribution is -2.41. The Kier molecular flexibility index (Phi) is 2.23. The molecule has 80 valence electrons. The first-order chi connectivity index (χ1) is 6.65. The average molecular weight is 201 g/mol. The maximum absolute atomic E-state index is 10.8. The molecule has 2 rings (SSSR count). The summed E-state index contributed by atoms with van der Waals surface area (Å²) in [5.74, 6) is -0.562. The molecule has 0 N–H and O–H groups in total. The van der Waals surface area contributed by atoms with Gasteiger partial charge in [-0.05, 0) is 12.8 Å². The van der Waals surface area contributed by atoms with Gasteiger partial charge in [0.1, 0.15) is 0 Å². The predicted octanol–water partition coefficient (Wildman–Crippen LogP) is 1.05. The number of ether oxygens (including phenoxy) is 2. The highest BCUT2D eigenvalue weighted by molar-refractivity contribution is 5.04. The van der Waals surface area contributed by atoms with Gasteiger partial charge in [-0.2, -0.15) is 0 Å². The van der Waals surface area contributed by atoms with Crippen LogP contribution in [0.4, 0.5) is 0 Å². The van der Waals surface area contributed by atoms with E-state index in [1.165, 1.54) is 0 Å². The summed E-state index contributed by atoms with van der Waals surface area (Å²) in [7, 11) is 3.16. The summed E-state index contributed by atoms with van der Waals surface area (Å²) in [6.45, 7) is 0. The molecule has 14 heavy (non-hydrogen) atoms. The number of fused-ring (bicyclic) bond motifs is 2. The number of methoxy groups -OCH3 is 2. The van der Waals surface area contributed by atoms with Crippen LogP contribution in [0.15, 0.2) is 0 Å². The lowest BCUT2D eigenvalue weighted by atomic mass is 9.96. The minimum absolute atomic E-state index is 0.0718. The third-order valence-corrected chi connectivity index (χ3v) is 3.81. The molecule has 2 fully saturated rings. The van der Waals surface area contributed by atoms with Crippen molar-refractivity contribution in [1.29, 1.82) is 0 Å². The van der Waals surface area contributed by atoms with Crippen molar-refractivity contribution in [1.82, 2.24) is 0 Å². The van der Waals surface area contributed by atoms with Gasteiger partial charge in [0.2, 0.25) is 6.04 Å². The summed E-state index contributed by atoms with van der Waals surface area (Å²) in [6.07, 6.45) is 2.42. The van der Waals surface area contributed by atoms with Crippen LogP contribution in [-0.4, -0.2) is 31.0 Å². The molecule has 2 aliphatic rings. The van der Waals surface area contributed by atoms with Gasteiger partial charge >= 0.3 is 0 Å². The Bertz CT molecular complexity index is 251. The number of rotatable bonds is 3. The van der Waals surface area contributed by atoms with Gasteiger partial charge in [0, 0.05) is 31.5 Å². The molecule has 2 aliphatic carbocycles. The van der Waals surface area contributed by atoms with Gasteiger partial charge in [-0.3, -0.25) is 10.1 Å². The topological polar surface area (TPSA) is 61.6 Å². The largest absolute Gasteiger partial charge is 0.352 e. The van der Waals surface area contributed by atoms with Crippen LogP contribution in [0, 0.1) is 22.0 Å². The molecule has 2 bridgehead atoms. The summed E-state index contributed by atoms with van der Waals surface area (Å²) in [5.41, 5.74) is 0. The van der Waals surface area contributed by atoms with Crippen LogP contribution in [0.25, 0.3) is 0 Å². The fraction of sp³-hybridized carbons (Fsp3) is 1.00. The SMILES string of the molecule is COC1(OC)[C@@H]2CC[C@H]1C([N+](=O)[O-])C2. The molecule has 0 aromatic carbocycles. The maximum Gasteiger partial charge on any atom is 0.221 e. The van der Waals surface area contributed by atoms with Crippen molar-refractivity contribution >= 4 is 0 Å². The highest BCUT2D eigenvalue weighted by Crippen LogP contribution is 2.55. The number of nitrogens with zero attached hydrogens (tertiary/aromatic N) is 1. The fourth-order valence-electron chi connectivity index (χ4n) is 3.24. The van der Waals surface area contributed by atoms with Gasteiger partial charge in [0.25, 0.3) is 0 Å². The summed E-state index contributed by atoms with van der Waals surface area (Å²) in [6, 6.07) is -0.478. The van der Waals surface area contributed by atoms with E-state index in [2.05, 4.69) is 0 Å². The molecule has 0 spiro atoms. The monoisotopic (exact) mass is 201 g/mol. The Morgan fingerprint density at radius 1 is 1.36 bits per heavy atom. The zero-order chi connectivity index (χ0) is 10.3. The van der Waals surface area contributed by atoms with E-state index < -0.39 is 11.8 Å². The predicted molar refractivity (Wildman–Crippen MR) is 48.4 cm³/mol. The van der Waals surface area contributed by atoms with Crippen LogP contribution < -0.4 is 0 Å². The van der Waals surface area contributed by atoms with Crippen molar-refractivity contribution in [3.8, 4) is 0 Å². The van der Waals surface area contributed by atoms with Gasteiger partial charge in [-0.15, -0.1) is 0 Å². The Morgan fingerprint density at radius 2 is 2.00 bits per heavy atom. The second-order valence-electron chi connectivity index (χ2n) is 4.10. The highest BCUT2D eigenvalue weighted by atomic mass is 16.7. The standard InChI is InChI=1S/C9H15NO4/c1-13-9(14-2)6-3-4-7(9)8(5-6)10(11)12/h6-8H,3-5H2,1-2H3/t6-,7+,8?/m1/s1. The number of nitro groups is 1. The van der Waals surface area contributed by atoms with Crippen molar-refractivity contribution in [3.05, 3.63) is 10.1 Å². The molecule has 5 nitrogen and oxygen atoms in total. The molecule has 0 radical (unpaired) electrons. The van der Waals surface area contributed by atoms with Crippen LogP contribution in [0.3, 0.4) is 0 Å². The molecule has 1 unspecified atom stereocenters. The van der Waals surface area contributed by atoms with Gasteiger partial charge in [-0.25, -0.2) is 0 Å². The van der Waals surface area contributed by atoms with Crippen molar-refractivity contribution in [2.45, 2.75) is 31.1 Å². The molecule has 0 heterocycles. The molecule has 2 saturated carbocycles. The van der Waals surface area contributed by atoms with E-state index in [1.807, 2.05) is 0 Å². The van der Waals surface area contributed by atoms with Crippen molar-refractivity contribution in [2.24, 2.45) is 11.8 Å². The summed E-state index contributed by atoms with van der Waals surface area (Å²) >= 11 is 0. The molecule has 0 amide bonds. The Morgan fingerprint density at radius 3 is 2.36 bits per heavy atom. The van der Waals surface area contributed by atoms with E-state index in [0.717, 1.165) is 12.8 Å². The first kappa shape index (κ1) is 9.86. The van der Waals surface area contributed by atoms with E-state index in [1.54, 1.807) is 14.2 Å². The number of hydrogen-bond acceptors (Lipinski definition) is 4. The lowest BCUT2D eigenvalue weighted by molar-refractivity contribution is -0.534. The maximum atomic E-state index is 10.8. The second-order valence-corrected chi connectivity index (χ2v) is 4.10. The first-order valence-electron chi connectivity index (χ1n) is 4.89. The first-order valence-corrected chi connectivity index (χ1v) is 4.89. The summed E-state index contributed by atoms with van der Waals surface area (Å²) in [4.78, 5) is 10.6. The molecule has 5 heteroatoms. The van der Waals surface area contributed by atoms with E-state index in [0.29, 0.717) is 6.42 Å². The molecule has 0 aromatic heterocycles. The van der Waals surface area contributed by atoms with Gasteiger partial charge in [0.05, 0.1) is 5.92 Å². The third-order valence-electron chi connectivity index (χ3n) is 3.81. The Balaban J connectivity index is 2.27. The smallest absolute Gasteiger partial charge is 0.221 e. The molecule has 0 aliphatic heterocycles. The third kappa shape index (κ3) is 1.02. The minimum Gasteiger partial charge on any atom is -0.352 e. The van der Waals surface area contributed by atoms with E-state index in [9.17, 15) is 10.1 Å². The zero-order valence-corrected chi connectivity index (χ0v) is 8.43. The van der Waals surface area contributed by atoms with E-state index in [4.69, 9.17) is 9.47 Å². The van der Waals surface area contributed by atoms with Crippen LogP contribution in [0.5, 0.6) is 0 Å². The average Bonchev–Trinajstić information content (AvgIpc) is 2.69. The number of hydrogen-bond donors (Lipinski definition) is 0. The van der Waals surface area contributed by atoms with Crippen LogP contribution in [0.2, 0.25) is 0 Å². The minimum atomic E-state index is -0.683. The molecule has 0 aromatic rings. The highest BCUT2D eigenvalue weighted by Gasteiger charge is 2.65. The van der Waals surface area contributed by atoms with Crippen molar-refractivity contribution < 1.29 is 14.4 Å². The summed E-state index contributed by atoms with van der Waals surface area (Å²) < 4.78 is 10.8. The Hall–Kier alpha value is -0.680. The van der Waals surface area contributed by atoms with E-state index >= 15 is 0 Å². The molecule has 0 saturated heterocycles.